The topological polar surface area (TPSA) is 44.5 Å². The van der Waals surface area contributed by atoms with Gasteiger partial charge in [0.1, 0.15) is 0 Å². The molecule has 0 amide bonds. The van der Waals surface area contributed by atoms with Crippen LogP contribution in [0.3, 0.4) is 0 Å². The Bertz CT molecular complexity index is 94.6. The molecule has 0 rings (SSSR count). The highest BCUT2D eigenvalue weighted by atomic mass is 15.6. The molecule has 0 saturated heterocycles. The standard InChI is InChI=1S/C7H20N4/c1-6(2)7(10(4)8)11(5)9-3/h6-7,9H,8H2,1-5H3. The van der Waals surface area contributed by atoms with Gasteiger partial charge in [0.25, 0.3) is 0 Å². The van der Waals surface area contributed by atoms with Crippen LogP contribution in [0.2, 0.25) is 0 Å². The summed E-state index contributed by atoms with van der Waals surface area (Å²) < 4.78 is 0. The lowest BCUT2D eigenvalue weighted by atomic mass is 10.1. The van der Waals surface area contributed by atoms with Gasteiger partial charge in [-0.1, -0.05) is 13.8 Å². The van der Waals surface area contributed by atoms with E-state index in [1.807, 2.05) is 26.2 Å². The van der Waals surface area contributed by atoms with Crippen LogP contribution >= 0.6 is 0 Å². The van der Waals surface area contributed by atoms with Gasteiger partial charge in [-0.25, -0.2) is 10.0 Å². The highest BCUT2D eigenvalue weighted by Crippen LogP contribution is 2.07. The average Bonchev–Trinajstić information content (AvgIpc) is 1.85. The summed E-state index contributed by atoms with van der Waals surface area (Å²) in [6.07, 6.45) is 0.236. The second-order valence-electron chi connectivity index (χ2n) is 3.16. The Morgan fingerprint density at radius 1 is 1.27 bits per heavy atom. The third-order valence-electron chi connectivity index (χ3n) is 1.76. The lowest BCUT2D eigenvalue weighted by Crippen LogP contribution is -2.55. The Morgan fingerprint density at radius 3 is 1.82 bits per heavy atom. The zero-order chi connectivity index (χ0) is 9.02. The molecule has 0 aliphatic carbocycles. The van der Waals surface area contributed by atoms with Crippen LogP contribution in [0.15, 0.2) is 0 Å². The Kier molecular flexibility index (Phi) is 4.60. The van der Waals surface area contributed by atoms with E-state index in [0.29, 0.717) is 5.92 Å². The van der Waals surface area contributed by atoms with Crippen LogP contribution in [0.5, 0.6) is 0 Å². The van der Waals surface area contributed by atoms with Crippen molar-refractivity contribution in [2.45, 2.75) is 20.0 Å². The summed E-state index contributed by atoms with van der Waals surface area (Å²) in [5.74, 6) is 6.17. The normalized spacial score (nSPS) is 15.0. The van der Waals surface area contributed by atoms with Crippen LogP contribution < -0.4 is 11.3 Å². The first-order valence-electron chi connectivity index (χ1n) is 3.88. The van der Waals surface area contributed by atoms with E-state index in [9.17, 15) is 0 Å². The monoisotopic (exact) mass is 160 g/mol. The van der Waals surface area contributed by atoms with Gasteiger partial charge in [0.15, 0.2) is 0 Å². The minimum absolute atomic E-state index is 0.236. The molecule has 68 valence electrons. The van der Waals surface area contributed by atoms with Gasteiger partial charge >= 0.3 is 0 Å². The van der Waals surface area contributed by atoms with Crippen molar-refractivity contribution in [3.05, 3.63) is 0 Å². The fourth-order valence-electron chi connectivity index (χ4n) is 1.32. The van der Waals surface area contributed by atoms with Crippen LogP contribution in [0.25, 0.3) is 0 Å². The largest absolute Gasteiger partial charge is 0.268 e. The van der Waals surface area contributed by atoms with E-state index in [1.165, 1.54) is 0 Å². The molecule has 0 bridgehead atoms. The van der Waals surface area contributed by atoms with Gasteiger partial charge in [-0.3, -0.25) is 11.3 Å². The molecule has 1 unspecified atom stereocenters. The van der Waals surface area contributed by atoms with Crippen LogP contribution in [-0.2, 0) is 0 Å². The molecule has 0 saturated carbocycles. The van der Waals surface area contributed by atoms with Crippen LogP contribution in [0, 0.1) is 5.92 Å². The molecular formula is C7H20N4. The average molecular weight is 160 g/mol. The lowest BCUT2D eigenvalue weighted by Gasteiger charge is -2.34. The number of hydrogen-bond donors (Lipinski definition) is 2. The molecule has 0 aromatic rings. The predicted molar refractivity (Wildman–Crippen MR) is 47.4 cm³/mol. The molecule has 0 radical (unpaired) electrons. The molecule has 3 N–H and O–H groups in total. The molecule has 11 heavy (non-hydrogen) atoms. The van der Waals surface area contributed by atoms with Crippen LogP contribution in [0.1, 0.15) is 13.8 Å². The summed E-state index contributed by atoms with van der Waals surface area (Å²) in [5.41, 5.74) is 3.04. The molecule has 0 aromatic heterocycles. The minimum atomic E-state index is 0.236. The van der Waals surface area contributed by atoms with Crippen molar-refractivity contribution in [3.8, 4) is 0 Å². The van der Waals surface area contributed by atoms with E-state index >= 15 is 0 Å². The Labute approximate surface area is 69.3 Å². The van der Waals surface area contributed by atoms with Crippen molar-refractivity contribution < 1.29 is 0 Å². The van der Waals surface area contributed by atoms with Crippen molar-refractivity contribution in [2.24, 2.45) is 11.8 Å². The number of hydrazine groups is 2. The number of nitrogens with one attached hydrogen (secondary N) is 1. The highest BCUT2D eigenvalue weighted by molar-refractivity contribution is 4.64. The summed E-state index contributed by atoms with van der Waals surface area (Å²) in [6.45, 7) is 4.28. The summed E-state index contributed by atoms with van der Waals surface area (Å²) in [6, 6.07) is 0. The van der Waals surface area contributed by atoms with E-state index in [0.717, 1.165) is 0 Å². The summed E-state index contributed by atoms with van der Waals surface area (Å²) in [5, 5.41) is 3.70. The number of hydrogen-bond acceptors (Lipinski definition) is 4. The lowest BCUT2D eigenvalue weighted by molar-refractivity contribution is 0.0163. The molecule has 0 spiro atoms. The first-order valence-corrected chi connectivity index (χ1v) is 3.88. The third-order valence-corrected chi connectivity index (χ3v) is 1.76. The SMILES string of the molecule is CNN(C)C(C(C)C)N(C)N. The van der Waals surface area contributed by atoms with Crippen molar-refractivity contribution in [1.82, 2.24) is 15.4 Å². The van der Waals surface area contributed by atoms with Crippen LogP contribution in [0.4, 0.5) is 0 Å². The first kappa shape index (κ1) is 10.8. The van der Waals surface area contributed by atoms with Gasteiger partial charge in [-0.05, 0) is 13.0 Å². The Balaban J connectivity index is 4.09. The molecule has 4 nitrogen and oxygen atoms in total. The van der Waals surface area contributed by atoms with Gasteiger partial charge < -0.3 is 0 Å². The minimum Gasteiger partial charge on any atom is -0.268 e. The number of nitrogens with zero attached hydrogens (tertiary/aromatic N) is 2. The van der Waals surface area contributed by atoms with E-state index in [4.69, 9.17) is 5.84 Å². The smallest absolute Gasteiger partial charge is 0.0902 e. The molecule has 0 heterocycles. The second kappa shape index (κ2) is 4.66. The van der Waals surface area contributed by atoms with Gasteiger partial charge in [-0.2, -0.15) is 0 Å². The summed E-state index contributed by atoms with van der Waals surface area (Å²) in [7, 11) is 5.74. The van der Waals surface area contributed by atoms with Crippen molar-refractivity contribution in [1.29, 1.82) is 0 Å². The molecule has 0 aliphatic heterocycles. The number of rotatable bonds is 4. The highest BCUT2D eigenvalue weighted by Gasteiger charge is 2.19. The zero-order valence-electron chi connectivity index (χ0n) is 8.13. The molecule has 4 heteroatoms. The quantitative estimate of drug-likeness (QED) is 0.341. The van der Waals surface area contributed by atoms with Crippen molar-refractivity contribution >= 4 is 0 Å². The van der Waals surface area contributed by atoms with Crippen molar-refractivity contribution in [3.63, 3.8) is 0 Å². The predicted octanol–water partition coefficient (Wildman–Crippen LogP) is -0.160. The summed E-state index contributed by atoms with van der Waals surface area (Å²) >= 11 is 0. The second-order valence-corrected chi connectivity index (χ2v) is 3.16. The van der Waals surface area contributed by atoms with E-state index in [2.05, 4.69) is 19.3 Å². The maximum absolute atomic E-state index is 5.67. The van der Waals surface area contributed by atoms with Crippen LogP contribution in [-0.4, -0.2) is 37.3 Å². The zero-order valence-corrected chi connectivity index (χ0v) is 8.13. The maximum atomic E-state index is 5.67. The van der Waals surface area contributed by atoms with Gasteiger partial charge in [0.2, 0.25) is 0 Å². The van der Waals surface area contributed by atoms with E-state index in [-0.39, 0.29) is 6.17 Å². The van der Waals surface area contributed by atoms with Crippen molar-refractivity contribution in [2.75, 3.05) is 21.1 Å². The summed E-state index contributed by atoms with van der Waals surface area (Å²) in [4.78, 5) is 0. The molecule has 1 atom stereocenters. The Hall–Kier alpha value is -0.160. The molecule has 0 aromatic carbocycles. The fourth-order valence-corrected chi connectivity index (χ4v) is 1.32. The van der Waals surface area contributed by atoms with E-state index < -0.39 is 0 Å². The van der Waals surface area contributed by atoms with Gasteiger partial charge in [-0.15, -0.1) is 0 Å². The first-order chi connectivity index (χ1) is 5.00. The van der Waals surface area contributed by atoms with Gasteiger partial charge in [0.05, 0.1) is 6.17 Å². The Morgan fingerprint density at radius 2 is 1.73 bits per heavy atom. The van der Waals surface area contributed by atoms with E-state index in [1.54, 1.807) is 5.01 Å². The number of nitrogens with two attached hydrogens (primary N) is 1. The molecule has 0 aliphatic rings. The maximum Gasteiger partial charge on any atom is 0.0902 e. The molecular weight excluding hydrogens is 140 g/mol. The third kappa shape index (κ3) is 3.16. The van der Waals surface area contributed by atoms with Gasteiger partial charge in [0, 0.05) is 14.1 Å². The molecule has 0 fully saturated rings. The fraction of sp³-hybridized carbons (Fsp3) is 1.00.